The van der Waals surface area contributed by atoms with E-state index in [4.69, 9.17) is 37.0 Å². The molecule has 0 saturated heterocycles. The van der Waals surface area contributed by atoms with Gasteiger partial charge < -0.3 is 33.8 Å². The largest absolute Gasteiger partial charge is 0.472 e. The molecule has 19 heteroatoms. The zero-order valence-electron chi connectivity index (χ0n) is 62.7. The summed E-state index contributed by atoms with van der Waals surface area (Å²) in [5.74, 6) is -2.16. The lowest BCUT2D eigenvalue weighted by atomic mass is 10.0. The summed E-state index contributed by atoms with van der Waals surface area (Å²) in [7, 11) is -9.94. The number of ether oxygens (including phenoxy) is 4. The lowest BCUT2D eigenvalue weighted by molar-refractivity contribution is -0.161. The molecular weight excluding hydrogens is 1280 g/mol. The standard InChI is InChI=1S/C79H146O17P2/c1-5-9-13-17-21-25-29-33-36-40-43-47-51-55-59-63-76(81)89-69-74(95-78(83)65-61-57-53-49-45-39-32-28-24-20-16-12-8-4)71-93-97(85,86)91-67-73(80)68-92-98(87,88)94-72-75(96-79(84)66-62-58-54-50-46-42-38-35-31-27-23-19-15-11-7-3)70-90-77(82)64-60-56-52-48-44-41-37-34-30-26-22-18-14-10-6-2/h9,13,21,25,33-34,36-37,73-75,80H,5-8,10-12,14-20,22-24,26-32,35,38-72H2,1-4H3,(H,85,86)(H,87,88)/b13-9-,25-21-,36-33-,37-34-. The molecule has 0 amide bonds. The minimum Gasteiger partial charge on any atom is -0.462 e. The van der Waals surface area contributed by atoms with Crippen molar-refractivity contribution in [3.05, 3.63) is 48.6 Å². The number of unbranched alkanes of at least 4 members (excludes halogenated alkanes) is 42. The van der Waals surface area contributed by atoms with Gasteiger partial charge >= 0.3 is 39.5 Å². The zero-order valence-corrected chi connectivity index (χ0v) is 64.5. The monoisotopic (exact) mass is 1430 g/mol. The minimum atomic E-state index is -4.97. The Morgan fingerprint density at radius 2 is 0.531 bits per heavy atom. The highest BCUT2D eigenvalue weighted by Crippen LogP contribution is 2.45. The van der Waals surface area contributed by atoms with Crippen molar-refractivity contribution in [3.8, 4) is 0 Å². The highest BCUT2D eigenvalue weighted by atomic mass is 31.2. The van der Waals surface area contributed by atoms with Gasteiger partial charge in [-0.2, -0.15) is 0 Å². The van der Waals surface area contributed by atoms with Crippen LogP contribution in [0.3, 0.4) is 0 Å². The number of hydrogen-bond donors (Lipinski definition) is 3. The molecule has 0 fully saturated rings. The van der Waals surface area contributed by atoms with E-state index < -0.39 is 97.5 Å². The summed E-state index contributed by atoms with van der Waals surface area (Å²) in [5.41, 5.74) is 0. The molecule has 0 saturated carbocycles. The summed E-state index contributed by atoms with van der Waals surface area (Å²) < 4.78 is 68.6. The molecule has 5 atom stereocenters. The summed E-state index contributed by atoms with van der Waals surface area (Å²) in [6.07, 6.45) is 69.4. The molecule has 0 heterocycles. The van der Waals surface area contributed by atoms with Crippen LogP contribution in [-0.4, -0.2) is 96.7 Å². The number of carbonyl (C=O) groups is 4. The Bertz CT molecular complexity index is 2050. The first-order valence-electron chi connectivity index (χ1n) is 39.9. The molecule has 0 spiro atoms. The number of aliphatic hydroxyl groups is 1. The highest BCUT2D eigenvalue weighted by Gasteiger charge is 2.30. The number of allylic oxidation sites excluding steroid dienone is 8. The van der Waals surface area contributed by atoms with Gasteiger partial charge in [0.25, 0.3) is 0 Å². The second-order valence-corrected chi connectivity index (χ2v) is 29.9. The maximum Gasteiger partial charge on any atom is 0.472 e. The fourth-order valence-electron chi connectivity index (χ4n) is 11.2. The van der Waals surface area contributed by atoms with Crippen LogP contribution >= 0.6 is 15.6 Å². The van der Waals surface area contributed by atoms with Gasteiger partial charge in [0.05, 0.1) is 26.4 Å². The van der Waals surface area contributed by atoms with Crippen molar-refractivity contribution in [1.82, 2.24) is 0 Å². The Labute approximate surface area is 597 Å². The third kappa shape index (κ3) is 71.4. The van der Waals surface area contributed by atoms with Gasteiger partial charge in [-0.15, -0.1) is 0 Å². The van der Waals surface area contributed by atoms with Gasteiger partial charge in [-0.05, 0) is 83.5 Å². The molecular formula is C79H146O17P2. The number of esters is 4. The molecule has 0 aliphatic heterocycles. The third-order valence-electron chi connectivity index (χ3n) is 17.3. The molecule has 0 aliphatic carbocycles. The molecule has 0 aromatic heterocycles. The normalized spacial score (nSPS) is 14.2. The van der Waals surface area contributed by atoms with Crippen molar-refractivity contribution in [2.75, 3.05) is 39.6 Å². The van der Waals surface area contributed by atoms with Crippen molar-refractivity contribution in [2.45, 2.75) is 393 Å². The van der Waals surface area contributed by atoms with Crippen molar-refractivity contribution < 1.29 is 80.2 Å². The van der Waals surface area contributed by atoms with Crippen LogP contribution in [-0.2, 0) is 65.4 Å². The van der Waals surface area contributed by atoms with Crippen molar-refractivity contribution in [2.24, 2.45) is 0 Å². The van der Waals surface area contributed by atoms with Crippen LogP contribution in [0, 0.1) is 0 Å². The summed E-state index contributed by atoms with van der Waals surface area (Å²) >= 11 is 0. The van der Waals surface area contributed by atoms with Crippen molar-refractivity contribution >= 4 is 39.5 Å². The highest BCUT2D eigenvalue weighted by molar-refractivity contribution is 7.47. The SMILES string of the molecule is CC/C=C\C/C=C\C/C=C\CCCCCCCC(=O)OCC(COP(=O)(O)OCC(O)COP(=O)(O)OCC(COC(=O)CCCCCCC/C=C\CCCCCCCC)OC(=O)CCCCCCCCCCCCCCCCC)OC(=O)CCCCCCCCCCCCCCC. The van der Waals surface area contributed by atoms with Gasteiger partial charge in [0.2, 0.25) is 0 Å². The van der Waals surface area contributed by atoms with Crippen LogP contribution < -0.4 is 0 Å². The molecule has 574 valence electrons. The van der Waals surface area contributed by atoms with E-state index in [0.717, 1.165) is 141 Å². The van der Waals surface area contributed by atoms with Crippen molar-refractivity contribution in [1.29, 1.82) is 0 Å². The minimum absolute atomic E-state index is 0.0982. The maximum absolute atomic E-state index is 13.1. The predicted octanol–water partition coefficient (Wildman–Crippen LogP) is 22.9. The van der Waals surface area contributed by atoms with Crippen LogP contribution in [0.1, 0.15) is 374 Å². The van der Waals surface area contributed by atoms with E-state index in [2.05, 4.69) is 76.3 Å². The van der Waals surface area contributed by atoms with Crippen LogP contribution in [0.15, 0.2) is 48.6 Å². The molecule has 5 unspecified atom stereocenters. The number of phosphoric ester groups is 2. The second kappa shape index (κ2) is 72.4. The third-order valence-corrected chi connectivity index (χ3v) is 19.2. The lowest BCUT2D eigenvalue weighted by Gasteiger charge is -2.21. The van der Waals surface area contributed by atoms with Gasteiger partial charge in [0.15, 0.2) is 12.2 Å². The molecule has 3 N–H and O–H groups in total. The first kappa shape index (κ1) is 95.0. The van der Waals surface area contributed by atoms with Crippen LogP contribution in [0.25, 0.3) is 0 Å². The lowest BCUT2D eigenvalue weighted by Crippen LogP contribution is -2.30. The Hall–Kier alpha value is -2.98. The molecule has 0 aliphatic rings. The summed E-state index contributed by atoms with van der Waals surface area (Å²) in [5, 5.41) is 10.6. The van der Waals surface area contributed by atoms with Gasteiger partial charge in [0.1, 0.15) is 19.3 Å². The first-order valence-corrected chi connectivity index (χ1v) is 42.9. The van der Waals surface area contributed by atoms with Gasteiger partial charge in [-0.3, -0.25) is 37.3 Å². The Morgan fingerprint density at radius 1 is 0.296 bits per heavy atom. The zero-order chi connectivity index (χ0) is 71.8. The molecule has 98 heavy (non-hydrogen) atoms. The van der Waals surface area contributed by atoms with E-state index in [0.29, 0.717) is 25.7 Å². The van der Waals surface area contributed by atoms with Crippen LogP contribution in [0.5, 0.6) is 0 Å². The van der Waals surface area contributed by atoms with Crippen molar-refractivity contribution in [3.63, 3.8) is 0 Å². The van der Waals surface area contributed by atoms with E-state index in [1.54, 1.807) is 0 Å². The van der Waals surface area contributed by atoms with Crippen LogP contribution in [0.4, 0.5) is 0 Å². The summed E-state index contributed by atoms with van der Waals surface area (Å²) in [6.45, 7) is 4.82. The number of rotatable bonds is 76. The van der Waals surface area contributed by atoms with E-state index in [9.17, 15) is 43.2 Å². The van der Waals surface area contributed by atoms with Gasteiger partial charge in [-0.1, -0.05) is 314 Å². The smallest absolute Gasteiger partial charge is 0.462 e. The van der Waals surface area contributed by atoms with E-state index >= 15 is 0 Å². The fraction of sp³-hybridized carbons (Fsp3) is 0.848. The summed E-state index contributed by atoms with van der Waals surface area (Å²) in [4.78, 5) is 72.9. The maximum atomic E-state index is 13.1. The fourth-order valence-corrected chi connectivity index (χ4v) is 12.8. The Morgan fingerprint density at radius 3 is 0.827 bits per heavy atom. The van der Waals surface area contributed by atoms with E-state index in [1.165, 1.54) is 154 Å². The number of hydrogen-bond acceptors (Lipinski definition) is 15. The molecule has 0 rings (SSSR count). The number of phosphoric acid groups is 2. The molecule has 0 aromatic rings. The Balaban J connectivity index is 5.32. The van der Waals surface area contributed by atoms with Gasteiger partial charge in [0, 0.05) is 25.7 Å². The Kier molecular flexibility index (Phi) is 70.2. The predicted molar refractivity (Wildman–Crippen MR) is 400 cm³/mol. The second-order valence-electron chi connectivity index (χ2n) is 27.0. The molecule has 0 radical (unpaired) electrons. The van der Waals surface area contributed by atoms with Gasteiger partial charge in [-0.25, -0.2) is 9.13 Å². The molecule has 17 nitrogen and oxygen atoms in total. The number of aliphatic hydroxyl groups excluding tert-OH is 1. The quantitative estimate of drug-likeness (QED) is 0.0169. The number of carbonyl (C=O) groups excluding carboxylic acids is 4. The molecule has 0 aromatic carbocycles. The summed E-state index contributed by atoms with van der Waals surface area (Å²) in [6, 6.07) is 0. The van der Waals surface area contributed by atoms with E-state index in [-0.39, 0.29) is 25.7 Å². The first-order chi connectivity index (χ1) is 47.7. The van der Waals surface area contributed by atoms with Crippen LogP contribution in [0.2, 0.25) is 0 Å². The van der Waals surface area contributed by atoms with E-state index in [1.807, 2.05) is 0 Å². The average Bonchev–Trinajstić information content (AvgIpc) is 0.959. The topological polar surface area (TPSA) is 237 Å². The average molecular weight is 1430 g/mol. The molecule has 0 bridgehead atoms.